The van der Waals surface area contributed by atoms with E-state index in [1.807, 2.05) is 38.1 Å². The second-order valence-electron chi connectivity index (χ2n) is 5.84. The van der Waals surface area contributed by atoms with E-state index >= 15 is 0 Å². The van der Waals surface area contributed by atoms with Gasteiger partial charge in [0.05, 0.1) is 22.1 Å². The lowest BCUT2D eigenvalue weighted by molar-refractivity contribution is -0.168. The molecule has 6 heteroatoms. The molecule has 1 fully saturated rings. The number of hydrogen-bond acceptors (Lipinski definition) is 4. The third-order valence-electron chi connectivity index (χ3n) is 4.28. The van der Waals surface area contributed by atoms with Crippen LogP contribution in [0.1, 0.15) is 25.3 Å². The van der Waals surface area contributed by atoms with Gasteiger partial charge in [0.25, 0.3) is 0 Å². The van der Waals surface area contributed by atoms with E-state index in [1.54, 1.807) is 0 Å². The lowest BCUT2D eigenvalue weighted by atomic mass is 9.69. The maximum Gasteiger partial charge on any atom is 0.417 e. The smallest absolute Gasteiger partial charge is 0.417 e. The van der Waals surface area contributed by atoms with Crippen LogP contribution in [0.3, 0.4) is 0 Å². The molecule has 0 N–H and O–H groups in total. The van der Waals surface area contributed by atoms with Gasteiger partial charge < -0.3 is 9.47 Å². The van der Waals surface area contributed by atoms with Crippen LogP contribution in [0.4, 0.5) is 10.5 Å². The topological polar surface area (TPSA) is 55.8 Å². The number of carbonyl (C=O) groups is 2. The van der Waals surface area contributed by atoms with Gasteiger partial charge in [0.15, 0.2) is 6.23 Å². The molecule has 5 nitrogen and oxygen atoms in total. The Hall–Kier alpha value is -1.31. The first-order valence-electron chi connectivity index (χ1n) is 6.71. The molecule has 21 heavy (non-hydrogen) atoms. The Morgan fingerprint density at radius 3 is 2.71 bits per heavy atom. The number of ether oxygens (including phenoxy) is 2. The molecule has 2 aliphatic rings. The van der Waals surface area contributed by atoms with Crippen LogP contribution in [0.15, 0.2) is 24.3 Å². The van der Waals surface area contributed by atoms with Crippen LogP contribution in [0.25, 0.3) is 0 Å². The van der Waals surface area contributed by atoms with Crippen molar-refractivity contribution in [3.63, 3.8) is 0 Å². The third kappa shape index (κ3) is 1.95. The van der Waals surface area contributed by atoms with E-state index in [4.69, 9.17) is 9.47 Å². The third-order valence-corrected chi connectivity index (χ3v) is 5.61. The van der Waals surface area contributed by atoms with Crippen LogP contribution < -0.4 is 4.90 Å². The standard InChI is InChI=1S/C15H16INO4/c1-15(2)10-8-6-4-5-7-9(8)17(14(19)20-3)12(11(10)16)21-13(15)18/h4-7,10-12H,1-3H3/t10-,11?,12-/m1/s1. The van der Waals surface area contributed by atoms with E-state index in [0.29, 0.717) is 0 Å². The van der Waals surface area contributed by atoms with Crippen LogP contribution >= 0.6 is 22.6 Å². The summed E-state index contributed by atoms with van der Waals surface area (Å²) >= 11 is 2.27. The van der Waals surface area contributed by atoms with Crippen molar-refractivity contribution in [2.75, 3.05) is 12.0 Å². The second kappa shape index (κ2) is 4.86. The fourth-order valence-corrected chi connectivity index (χ4v) is 4.93. The molecule has 2 heterocycles. The average Bonchev–Trinajstić information content (AvgIpc) is 2.45. The van der Waals surface area contributed by atoms with Crippen molar-refractivity contribution in [1.29, 1.82) is 0 Å². The number of fused-ring (bicyclic) bond motifs is 4. The summed E-state index contributed by atoms with van der Waals surface area (Å²) in [5.41, 5.74) is 1.12. The second-order valence-corrected chi connectivity index (χ2v) is 7.28. The number of esters is 1. The first-order chi connectivity index (χ1) is 9.89. The molecule has 1 aromatic carbocycles. The molecule has 112 valence electrons. The summed E-state index contributed by atoms with van der Waals surface area (Å²) in [4.78, 5) is 25.9. The minimum absolute atomic E-state index is 0.00135. The number of nitrogens with zero attached hydrogens (tertiary/aromatic N) is 1. The van der Waals surface area contributed by atoms with Gasteiger partial charge in [-0.05, 0) is 25.5 Å². The number of hydrogen-bond donors (Lipinski definition) is 0. The van der Waals surface area contributed by atoms with E-state index in [-0.39, 0.29) is 15.8 Å². The molecule has 3 atom stereocenters. The highest BCUT2D eigenvalue weighted by Crippen LogP contribution is 2.54. The molecule has 1 amide bonds. The Morgan fingerprint density at radius 1 is 1.38 bits per heavy atom. The summed E-state index contributed by atoms with van der Waals surface area (Å²) in [6.45, 7) is 3.79. The van der Waals surface area contributed by atoms with Gasteiger partial charge in [0.2, 0.25) is 0 Å². The Bertz CT molecular complexity index is 615. The van der Waals surface area contributed by atoms with Gasteiger partial charge in [-0.25, -0.2) is 9.69 Å². The first kappa shape index (κ1) is 14.6. The summed E-state index contributed by atoms with van der Waals surface area (Å²) in [6, 6.07) is 7.63. The van der Waals surface area contributed by atoms with E-state index in [2.05, 4.69) is 22.6 Å². The van der Waals surface area contributed by atoms with Crippen molar-refractivity contribution < 1.29 is 19.1 Å². The molecule has 0 aliphatic carbocycles. The molecule has 0 saturated carbocycles. The molecule has 3 rings (SSSR count). The predicted octanol–water partition coefficient (Wildman–Crippen LogP) is 3.07. The van der Waals surface area contributed by atoms with E-state index in [9.17, 15) is 9.59 Å². The van der Waals surface area contributed by atoms with Crippen LogP contribution in [-0.4, -0.2) is 29.3 Å². The lowest BCUT2D eigenvalue weighted by Crippen LogP contribution is -2.61. The van der Waals surface area contributed by atoms with Crippen molar-refractivity contribution in [3.05, 3.63) is 29.8 Å². The van der Waals surface area contributed by atoms with Gasteiger partial charge in [0.1, 0.15) is 0 Å². The molecular formula is C15H16INO4. The Morgan fingerprint density at radius 2 is 2.05 bits per heavy atom. The molecule has 1 unspecified atom stereocenters. The number of amides is 1. The zero-order chi connectivity index (χ0) is 15.4. The summed E-state index contributed by atoms with van der Waals surface area (Å²) in [5, 5.41) is 0. The Labute approximate surface area is 136 Å². The van der Waals surface area contributed by atoms with Crippen LogP contribution in [0.2, 0.25) is 0 Å². The maximum atomic E-state index is 12.3. The van der Waals surface area contributed by atoms with Crippen molar-refractivity contribution in [1.82, 2.24) is 0 Å². The van der Waals surface area contributed by atoms with Gasteiger partial charge in [0, 0.05) is 5.92 Å². The summed E-state index contributed by atoms with van der Waals surface area (Å²) in [6.07, 6.45) is -1.14. The predicted molar refractivity (Wildman–Crippen MR) is 85.5 cm³/mol. The number of methoxy groups -OCH3 is 1. The number of para-hydroxylation sites is 1. The van der Waals surface area contributed by atoms with Crippen LogP contribution in [-0.2, 0) is 14.3 Å². The number of anilines is 1. The molecule has 0 spiro atoms. The highest BCUT2D eigenvalue weighted by molar-refractivity contribution is 14.1. The summed E-state index contributed by atoms with van der Waals surface area (Å²) < 4.78 is 10.4. The highest BCUT2D eigenvalue weighted by atomic mass is 127. The zero-order valence-electron chi connectivity index (χ0n) is 12.0. The monoisotopic (exact) mass is 401 g/mol. The first-order valence-corrected chi connectivity index (χ1v) is 7.95. The Kier molecular flexibility index (Phi) is 3.38. The number of benzene rings is 1. The number of halogens is 1. The zero-order valence-corrected chi connectivity index (χ0v) is 14.2. The van der Waals surface area contributed by atoms with Crippen LogP contribution in [0.5, 0.6) is 0 Å². The quantitative estimate of drug-likeness (QED) is 0.381. The van der Waals surface area contributed by atoms with Gasteiger partial charge in [-0.2, -0.15) is 0 Å². The number of rotatable bonds is 0. The lowest BCUT2D eigenvalue weighted by Gasteiger charge is -2.51. The SMILES string of the molecule is COC(=O)N1c2ccccc2[C@@H]2C(I)[C@H]1OC(=O)C2(C)C. The fraction of sp³-hybridized carbons (Fsp3) is 0.467. The van der Waals surface area contributed by atoms with E-state index < -0.39 is 17.7 Å². The van der Waals surface area contributed by atoms with E-state index in [0.717, 1.165) is 11.3 Å². The van der Waals surface area contributed by atoms with Gasteiger partial charge in [-0.3, -0.25) is 4.79 Å². The average molecular weight is 401 g/mol. The fourth-order valence-electron chi connectivity index (χ4n) is 3.18. The van der Waals surface area contributed by atoms with Crippen molar-refractivity contribution in [3.8, 4) is 0 Å². The molecule has 2 bridgehead atoms. The molecule has 2 aliphatic heterocycles. The molecule has 1 saturated heterocycles. The van der Waals surface area contributed by atoms with E-state index in [1.165, 1.54) is 12.0 Å². The Balaban J connectivity index is 2.23. The minimum Gasteiger partial charge on any atom is -0.452 e. The largest absolute Gasteiger partial charge is 0.452 e. The highest BCUT2D eigenvalue weighted by Gasteiger charge is 2.57. The molecule has 0 radical (unpaired) electrons. The summed E-state index contributed by atoms with van der Waals surface area (Å²) in [5.74, 6) is -0.282. The molecule has 1 aromatic rings. The normalized spacial score (nSPS) is 29.4. The molecule has 0 aromatic heterocycles. The molecular weight excluding hydrogens is 385 g/mol. The van der Waals surface area contributed by atoms with Crippen molar-refractivity contribution in [2.24, 2.45) is 5.41 Å². The van der Waals surface area contributed by atoms with Crippen molar-refractivity contribution >= 4 is 40.3 Å². The van der Waals surface area contributed by atoms with Gasteiger partial charge >= 0.3 is 12.1 Å². The summed E-state index contributed by atoms with van der Waals surface area (Å²) in [7, 11) is 1.33. The maximum absolute atomic E-state index is 12.3. The van der Waals surface area contributed by atoms with Gasteiger partial charge in [-0.15, -0.1) is 0 Å². The van der Waals surface area contributed by atoms with Gasteiger partial charge in [-0.1, -0.05) is 40.8 Å². The minimum atomic E-state index is -0.626. The number of carbonyl (C=O) groups excluding carboxylic acids is 2. The van der Waals surface area contributed by atoms with Crippen molar-refractivity contribution in [2.45, 2.75) is 29.9 Å². The van der Waals surface area contributed by atoms with Crippen LogP contribution in [0, 0.1) is 5.41 Å². The number of alkyl halides is 1.